The molecule has 0 radical (unpaired) electrons. The van der Waals surface area contributed by atoms with Gasteiger partial charge in [0, 0.05) is 31.5 Å². The van der Waals surface area contributed by atoms with Gasteiger partial charge in [0.1, 0.15) is 4.90 Å². The summed E-state index contributed by atoms with van der Waals surface area (Å²) in [5.74, 6) is 0. The third kappa shape index (κ3) is 3.06. The molecule has 2 rings (SSSR count). The van der Waals surface area contributed by atoms with Crippen molar-refractivity contribution in [3.63, 3.8) is 0 Å². The topological polar surface area (TPSA) is 71.8 Å². The fourth-order valence-corrected chi connectivity index (χ4v) is 3.97. The van der Waals surface area contributed by atoms with E-state index in [1.54, 1.807) is 16.8 Å². The maximum Gasteiger partial charge on any atom is 0.244 e. The molecule has 20 heavy (non-hydrogen) atoms. The third-order valence-corrected chi connectivity index (χ3v) is 5.26. The Morgan fingerprint density at radius 2 is 2.25 bits per heavy atom. The predicted molar refractivity (Wildman–Crippen MR) is 74.8 cm³/mol. The first-order valence-corrected chi connectivity index (χ1v) is 8.34. The zero-order valence-corrected chi connectivity index (χ0v) is 12.8. The van der Waals surface area contributed by atoms with Gasteiger partial charge in [-0.05, 0) is 19.4 Å². The Bertz CT molecular complexity index is 553. The molecule has 0 spiro atoms. The van der Waals surface area contributed by atoms with Gasteiger partial charge >= 0.3 is 0 Å². The molecule has 114 valence electrons. The molecule has 1 N–H and O–H groups in total. The average molecular weight is 302 g/mol. The molecule has 1 aromatic rings. The van der Waals surface area contributed by atoms with Gasteiger partial charge in [0.25, 0.3) is 0 Å². The number of hydrogen-bond acceptors (Lipinski definition) is 4. The molecule has 1 saturated heterocycles. The van der Waals surface area contributed by atoms with E-state index in [1.807, 2.05) is 13.8 Å². The molecule has 7 heteroatoms. The molecule has 2 heterocycles. The van der Waals surface area contributed by atoms with E-state index in [9.17, 15) is 13.5 Å². The lowest BCUT2D eigenvalue weighted by Crippen LogP contribution is -2.44. The zero-order valence-electron chi connectivity index (χ0n) is 11.9. The quantitative estimate of drug-likeness (QED) is 0.873. The normalized spacial score (nSPS) is 21.2. The van der Waals surface area contributed by atoms with E-state index in [2.05, 4.69) is 0 Å². The molecule has 1 unspecified atom stereocenters. The maximum absolute atomic E-state index is 12.6. The summed E-state index contributed by atoms with van der Waals surface area (Å²) in [6.07, 6.45) is 2.41. The first-order chi connectivity index (χ1) is 9.48. The van der Waals surface area contributed by atoms with Gasteiger partial charge in [-0.3, -0.25) is 0 Å². The van der Waals surface area contributed by atoms with E-state index in [-0.39, 0.29) is 17.6 Å². The van der Waals surface area contributed by atoms with Gasteiger partial charge in [0.15, 0.2) is 0 Å². The number of rotatable bonds is 5. The number of aromatic nitrogens is 1. The molecule has 1 aliphatic heterocycles. The molecule has 6 nitrogen and oxygen atoms in total. The molecule has 0 amide bonds. The summed E-state index contributed by atoms with van der Waals surface area (Å²) >= 11 is 0. The molecule has 0 saturated carbocycles. The van der Waals surface area contributed by atoms with Crippen LogP contribution in [0.2, 0.25) is 0 Å². The number of sulfonamides is 1. The number of morpholine rings is 1. The Morgan fingerprint density at radius 1 is 1.50 bits per heavy atom. The fourth-order valence-electron chi connectivity index (χ4n) is 2.40. The lowest BCUT2D eigenvalue weighted by atomic mass is 10.3. The standard InChI is InChI=1S/C13H22N2O4S/c1-3-4-14-9-13(7-12(14)10-16)20(17,18)15-5-6-19-11(2)8-15/h7,9,11,16H,3-6,8,10H2,1-2H3. The second kappa shape index (κ2) is 6.26. The highest BCUT2D eigenvalue weighted by Gasteiger charge is 2.30. The van der Waals surface area contributed by atoms with Gasteiger partial charge in [-0.1, -0.05) is 6.92 Å². The molecule has 1 aliphatic rings. The summed E-state index contributed by atoms with van der Waals surface area (Å²) in [6.45, 7) is 5.58. The van der Waals surface area contributed by atoms with Crippen molar-refractivity contribution in [1.29, 1.82) is 0 Å². The Kier molecular flexibility index (Phi) is 4.85. The smallest absolute Gasteiger partial charge is 0.244 e. The van der Waals surface area contributed by atoms with Gasteiger partial charge in [0.05, 0.1) is 19.3 Å². The summed E-state index contributed by atoms with van der Waals surface area (Å²) in [6, 6.07) is 1.56. The van der Waals surface area contributed by atoms with Crippen LogP contribution in [0.1, 0.15) is 26.0 Å². The molecule has 1 aromatic heterocycles. The number of nitrogens with zero attached hydrogens (tertiary/aromatic N) is 2. The summed E-state index contributed by atoms with van der Waals surface area (Å²) < 4.78 is 33.8. The lowest BCUT2D eigenvalue weighted by molar-refractivity contribution is 0.0102. The number of hydrogen-bond donors (Lipinski definition) is 1. The highest BCUT2D eigenvalue weighted by molar-refractivity contribution is 7.89. The van der Waals surface area contributed by atoms with E-state index in [0.717, 1.165) is 6.42 Å². The van der Waals surface area contributed by atoms with Crippen molar-refractivity contribution >= 4 is 10.0 Å². The van der Waals surface area contributed by atoms with Gasteiger partial charge in [-0.2, -0.15) is 4.31 Å². The molecule has 0 aromatic carbocycles. The first kappa shape index (κ1) is 15.5. The van der Waals surface area contributed by atoms with E-state index >= 15 is 0 Å². The van der Waals surface area contributed by atoms with E-state index in [0.29, 0.717) is 31.9 Å². The monoisotopic (exact) mass is 302 g/mol. The Labute approximate surface area is 120 Å². The Morgan fingerprint density at radius 3 is 2.85 bits per heavy atom. The van der Waals surface area contributed by atoms with Gasteiger partial charge in [0.2, 0.25) is 10.0 Å². The molecular weight excluding hydrogens is 280 g/mol. The van der Waals surface area contributed by atoms with E-state index in [1.165, 1.54) is 4.31 Å². The van der Waals surface area contributed by atoms with Crippen LogP contribution in [-0.4, -0.2) is 48.2 Å². The lowest BCUT2D eigenvalue weighted by Gasteiger charge is -2.29. The van der Waals surface area contributed by atoms with Crippen LogP contribution in [0, 0.1) is 0 Å². The van der Waals surface area contributed by atoms with Crippen LogP contribution in [0.4, 0.5) is 0 Å². The van der Waals surface area contributed by atoms with Crippen molar-refractivity contribution in [3.8, 4) is 0 Å². The summed E-state index contributed by atoms with van der Waals surface area (Å²) in [4.78, 5) is 0.254. The number of aryl methyl sites for hydroxylation is 1. The number of aliphatic hydroxyl groups excluding tert-OH is 1. The molecular formula is C13H22N2O4S. The van der Waals surface area contributed by atoms with Gasteiger partial charge in [-0.25, -0.2) is 8.42 Å². The highest BCUT2D eigenvalue weighted by Crippen LogP contribution is 2.21. The summed E-state index contributed by atoms with van der Waals surface area (Å²) in [5.41, 5.74) is 0.631. The van der Waals surface area contributed by atoms with Crippen LogP contribution in [0.25, 0.3) is 0 Å². The molecule has 0 bridgehead atoms. The minimum Gasteiger partial charge on any atom is -0.390 e. The first-order valence-electron chi connectivity index (χ1n) is 6.90. The molecule has 0 aliphatic carbocycles. The van der Waals surface area contributed by atoms with Crippen LogP contribution in [0.3, 0.4) is 0 Å². The van der Waals surface area contributed by atoms with Crippen LogP contribution in [0.15, 0.2) is 17.2 Å². The van der Waals surface area contributed by atoms with Gasteiger partial charge in [-0.15, -0.1) is 0 Å². The van der Waals surface area contributed by atoms with Crippen molar-refractivity contribution in [1.82, 2.24) is 8.87 Å². The van der Waals surface area contributed by atoms with Crippen LogP contribution in [-0.2, 0) is 27.9 Å². The van der Waals surface area contributed by atoms with Crippen LogP contribution >= 0.6 is 0 Å². The van der Waals surface area contributed by atoms with Crippen molar-refractivity contribution in [2.24, 2.45) is 0 Å². The number of ether oxygens (including phenoxy) is 1. The zero-order chi connectivity index (χ0) is 14.8. The predicted octanol–water partition coefficient (Wildman–Crippen LogP) is 0.800. The Balaban J connectivity index is 2.29. The average Bonchev–Trinajstić information content (AvgIpc) is 2.83. The largest absolute Gasteiger partial charge is 0.390 e. The number of aliphatic hydroxyl groups is 1. The Hall–Kier alpha value is -0.890. The van der Waals surface area contributed by atoms with Crippen LogP contribution < -0.4 is 0 Å². The fraction of sp³-hybridized carbons (Fsp3) is 0.692. The van der Waals surface area contributed by atoms with Crippen LogP contribution in [0.5, 0.6) is 0 Å². The summed E-state index contributed by atoms with van der Waals surface area (Å²) in [5, 5.41) is 9.33. The maximum atomic E-state index is 12.6. The summed E-state index contributed by atoms with van der Waals surface area (Å²) in [7, 11) is -3.50. The second-order valence-corrected chi connectivity index (χ2v) is 7.00. The highest BCUT2D eigenvalue weighted by atomic mass is 32.2. The van der Waals surface area contributed by atoms with Crippen molar-refractivity contribution in [3.05, 3.63) is 18.0 Å². The van der Waals surface area contributed by atoms with Crippen molar-refractivity contribution in [2.75, 3.05) is 19.7 Å². The molecule has 1 atom stereocenters. The minimum absolute atomic E-state index is 0.0893. The third-order valence-electron chi connectivity index (χ3n) is 3.43. The van der Waals surface area contributed by atoms with Gasteiger partial charge < -0.3 is 14.4 Å². The van der Waals surface area contributed by atoms with E-state index < -0.39 is 10.0 Å². The molecule has 1 fully saturated rings. The SMILES string of the molecule is CCCn1cc(S(=O)(=O)N2CCOC(C)C2)cc1CO. The van der Waals surface area contributed by atoms with Crippen molar-refractivity contribution < 1.29 is 18.3 Å². The second-order valence-electron chi connectivity index (χ2n) is 5.06. The van der Waals surface area contributed by atoms with Crippen molar-refractivity contribution in [2.45, 2.75) is 44.4 Å². The van der Waals surface area contributed by atoms with E-state index in [4.69, 9.17) is 4.74 Å². The minimum atomic E-state index is -3.50.